The third-order valence-electron chi connectivity index (χ3n) is 1.03. The summed E-state index contributed by atoms with van der Waals surface area (Å²) >= 11 is 0. The fourth-order valence-electron chi connectivity index (χ4n) is 0.670. The van der Waals surface area contributed by atoms with Gasteiger partial charge in [-0.2, -0.15) is 8.42 Å². The molecule has 15 heavy (non-hydrogen) atoms. The molecule has 84 valence electrons. The maximum atomic E-state index is 10.5. The van der Waals surface area contributed by atoms with Crippen LogP contribution in [0, 0.1) is 0 Å². The van der Waals surface area contributed by atoms with Crippen molar-refractivity contribution in [1.29, 1.82) is 0 Å². The fourth-order valence-corrected chi connectivity index (χ4v) is 1.14. The Morgan fingerprint density at radius 2 is 1.53 bits per heavy atom. The van der Waals surface area contributed by atoms with E-state index in [0.29, 0.717) is 5.69 Å². The minimum absolute atomic E-state index is 0.468. The highest BCUT2D eigenvalue weighted by Crippen LogP contribution is 2.04. The third kappa shape index (κ3) is 10.8. The molecule has 0 aromatic heterocycles. The van der Waals surface area contributed by atoms with Gasteiger partial charge in [0.1, 0.15) is 0 Å². The summed E-state index contributed by atoms with van der Waals surface area (Å²) in [5.41, 5.74) is 0.468. The van der Waals surface area contributed by atoms with Crippen LogP contribution in [-0.4, -0.2) is 30.8 Å². The normalized spacial score (nSPS) is 9.87. The van der Waals surface area contributed by atoms with Gasteiger partial charge in [-0.1, -0.05) is 18.2 Å². The van der Waals surface area contributed by atoms with Gasteiger partial charge in [-0.3, -0.25) is 4.72 Å². The van der Waals surface area contributed by atoms with Crippen LogP contribution < -0.4 is 9.86 Å². The van der Waals surface area contributed by atoms with E-state index in [-0.39, 0.29) is 0 Å². The Hall–Kier alpha value is -1.13. The lowest BCUT2D eigenvalue weighted by atomic mass is 10.3. The van der Waals surface area contributed by atoms with Crippen LogP contribution in [0.15, 0.2) is 30.3 Å². The van der Waals surface area contributed by atoms with Crippen molar-refractivity contribution in [1.82, 2.24) is 0 Å². The molecule has 0 saturated carbocycles. The topological polar surface area (TPSA) is 133 Å². The number of nitrogens with two attached hydrogens (primary N) is 1. The summed E-state index contributed by atoms with van der Waals surface area (Å²) in [6.07, 6.45) is 0. The minimum Gasteiger partial charge on any atom is -0.402 e. The standard InChI is InChI=1S/C6H8N2O2S.BH3O3/c7-11(9,10)8-6-4-2-1-3-5-6;2-1(3)4/h1-5,8H,(H2,7,9,10);2-4H. The van der Waals surface area contributed by atoms with Gasteiger partial charge in [-0.25, -0.2) is 5.14 Å². The van der Waals surface area contributed by atoms with Crippen molar-refractivity contribution < 1.29 is 23.5 Å². The van der Waals surface area contributed by atoms with E-state index in [4.69, 9.17) is 20.2 Å². The van der Waals surface area contributed by atoms with Gasteiger partial charge in [0.2, 0.25) is 0 Å². The Labute approximate surface area is 87.5 Å². The zero-order valence-corrected chi connectivity index (χ0v) is 8.42. The summed E-state index contributed by atoms with van der Waals surface area (Å²) in [5.74, 6) is 0. The van der Waals surface area contributed by atoms with Gasteiger partial charge >= 0.3 is 7.32 Å². The number of hydrogen-bond acceptors (Lipinski definition) is 5. The molecule has 0 aliphatic rings. The summed E-state index contributed by atoms with van der Waals surface area (Å²) in [5, 5.41) is 26.2. The van der Waals surface area contributed by atoms with Gasteiger partial charge in [0.05, 0.1) is 0 Å². The molecular formula is C6H11BN2O5S. The first-order valence-corrected chi connectivity index (χ1v) is 5.25. The van der Waals surface area contributed by atoms with E-state index in [1.807, 2.05) is 0 Å². The maximum absolute atomic E-state index is 10.5. The van der Waals surface area contributed by atoms with Crippen LogP contribution in [0.1, 0.15) is 0 Å². The second-order valence-electron chi connectivity index (χ2n) is 2.36. The van der Waals surface area contributed by atoms with Crippen molar-refractivity contribution in [2.24, 2.45) is 5.14 Å². The van der Waals surface area contributed by atoms with Crippen LogP contribution >= 0.6 is 0 Å². The van der Waals surface area contributed by atoms with Crippen LogP contribution in [0.3, 0.4) is 0 Å². The van der Waals surface area contributed by atoms with Crippen molar-refractivity contribution in [3.05, 3.63) is 30.3 Å². The number of anilines is 1. The van der Waals surface area contributed by atoms with Crippen LogP contribution in [0.5, 0.6) is 0 Å². The minimum atomic E-state index is -3.63. The molecule has 1 aromatic carbocycles. The third-order valence-corrected chi connectivity index (χ3v) is 1.55. The summed E-state index contributed by atoms with van der Waals surface area (Å²) in [6, 6.07) is 8.45. The Kier molecular flexibility index (Phi) is 5.90. The molecule has 0 bridgehead atoms. The van der Waals surface area contributed by atoms with Crippen molar-refractivity contribution in [2.45, 2.75) is 0 Å². The molecular weight excluding hydrogens is 223 g/mol. The van der Waals surface area contributed by atoms with Crippen LogP contribution in [0.4, 0.5) is 5.69 Å². The van der Waals surface area contributed by atoms with Gasteiger partial charge in [0, 0.05) is 5.69 Å². The molecule has 0 unspecified atom stereocenters. The smallest absolute Gasteiger partial charge is 0.402 e. The first kappa shape index (κ1) is 13.9. The summed E-state index contributed by atoms with van der Waals surface area (Å²) in [4.78, 5) is 0. The van der Waals surface area contributed by atoms with Crippen molar-refractivity contribution >= 4 is 23.2 Å². The SMILES string of the molecule is NS(=O)(=O)Nc1ccccc1.OB(O)O. The predicted octanol–water partition coefficient (Wildman–Crippen LogP) is -1.75. The van der Waals surface area contributed by atoms with Crippen LogP contribution in [-0.2, 0) is 10.2 Å². The predicted molar refractivity (Wildman–Crippen MR) is 55.6 cm³/mol. The van der Waals surface area contributed by atoms with E-state index < -0.39 is 17.5 Å². The summed E-state index contributed by atoms with van der Waals surface area (Å²) in [7, 11) is -5.79. The molecule has 6 N–H and O–H groups in total. The molecule has 7 nitrogen and oxygen atoms in total. The molecule has 0 fully saturated rings. The number of para-hydroxylation sites is 1. The molecule has 0 amide bonds. The Bertz CT molecular complexity index is 366. The Morgan fingerprint density at radius 3 is 1.87 bits per heavy atom. The molecule has 9 heteroatoms. The van der Waals surface area contributed by atoms with E-state index in [1.165, 1.54) is 0 Å². The molecule has 0 aliphatic carbocycles. The second-order valence-corrected chi connectivity index (χ2v) is 3.65. The zero-order valence-electron chi connectivity index (χ0n) is 7.61. The molecule has 0 aliphatic heterocycles. The average molecular weight is 234 g/mol. The number of nitrogens with one attached hydrogen (secondary N) is 1. The van der Waals surface area contributed by atoms with Gasteiger partial charge in [0.15, 0.2) is 0 Å². The van der Waals surface area contributed by atoms with Gasteiger partial charge < -0.3 is 15.1 Å². The van der Waals surface area contributed by atoms with E-state index in [9.17, 15) is 8.42 Å². The lowest BCUT2D eigenvalue weighted by molar-refractivity contribution is 0.278. The highest BCUT2D eigenvalue weighted by molar-refractivity contribution is 7.90. The average Bonchev–Trinajstić information content (AvgIpc) is 2.01. The highest BCUT2D eigenvalue weighted by Gasteiger charge is 1.98. The zero-order chi connectivity index (χ0) is 11.9. The number of rotatable bonds is 2. The van der Waals surface area contributed by atoms with Gasteiger partial charge in [-0.05, 0) is 12.1 Å². The molecule has 0 spiro atoms. The quantitative estimate of drug-likeness (QED) is 0.387. The number of hydrogen-bond donors (Lipinski definition) is 5. The monoisotopic (exact) mass is 234 g/mol. The lowest BCUT2D eigenvalue weighted by Crippen LogP contribution is -2.21. The van der Waals surface area contributed by atoms with Gasteiger partial charge in [-0.15, -0.1) is 0 Å². The molecule has 0 atom stereocenters. The molecule has 0 heterocycles. The van der Waals surface area contributed by atoms with Crippen molar-refractivity contribution in [3.8, 4) is 0 Å². The Balaban J connectivity index is 0.000000423. The van der Waals surface area contributed by atoms with Crippen LogP contribution in [0.2, 0.25) is 0 Å². The first-order valence-electron chi connectivity index (χ1n) is 3.71. The molecule has 0 saturated heterocycles. The molecule has 0 radical (unpaired) electrons. The van der Waals surface area contributed by atoms with Gasteiger partial charge in [0.25, 0.3) is 10.2 Å². The first-order chi connectivity index (χ1) is 6.81. The molecule has 1 aromatic rings. The second kappa shape index (κ2) is 6.38. The summed E-state index contributed by atoms with van der Waals surface area (Å²) < 4.78 is 23.1. The van der Waals surface area contributed by atoms with Crippen molar-refractivity contribution in [3.63, 3.8) is 0 Å². The highest BCUT2D eigenvalue weighted by atomic mass is 32.2. The van der Waals surface area contributed by atoms with Crippen molar-refractivity contribution in [2.75, 3.05) is 4.72 Å². The van der Waals surface area contributed by atoms with E-state index in [2.05, 4.69) is 4.72 Å². The molecule has 1 rings (SSSR count). The maximum Gasteiger partial charge on any atom is 0.631 e. The Morgan fingerprint density at radius 1 is 1.13 bits per heavy atom. The van der Waals surface area contributed by atoms with E-state index >= 15 is 0 Å². The fraction of sp³-hybridized carbons (Fsp3) is 0. The number of benzene rings is 1. The largest absolute Gasteiger partial charge is 0.631 e. The summed E-state index contributed by atoms with van der Waals surface area (Å²) in [6.45, 7) is 0. The van der Waals surface area contributed by atoms with E-state index in [0.717, 1.165) is 0 Å². The lowest BCUT2D eigenvalue weighted by Gasteiger charge is -2.00. The van der Waals surface area contributed by atoms with Crippen LogP contribution in [0.25, 0.3) is 0 Å². The van der Waals surface area contributed by atoms with E-state index in [1.54, 1.807) is 30.3 Å².